The van der Waals surface area contributed by atoms with Crippen molar-refractivity contribution in [2.45, 2.75) is 6.61 Å². The molecular weight excluding hydrogens is 410 g/mol. The van der Waals surface area contributed by atoms with Gasteiger partial charge in [0.25, 0.3) is 11.8 Å². The molecule has 2 amide bonds. The summed E-state index contributed by atoms with van der Waals surface area (Å²) < 4.78 is 38.7. The number of esters is 1. The summed E-state index contributed by atoms with van der Waals surface area (Å²) in [7, 11) is 1.28. The standard InChI is InChI=1S/C18H16F2N2O6S/c1-26-13-8-10(2-4-12(13)28-18(19)20)3-5-15(24)27-9-14(23)22-17-11(16(21)25)6-7-29-17/h2-8,18H,9H2,1H3,(H2,21,25)(H,22,23)/b5-3+. The lowest BCUT2D eigenvalue weighted by Gasteiger charge is -2.10. The van der Waals surface area contributed by atoms with E-state index in [1.165, 1.54) is 37.5 Å². The van der Waals surface area contributed by atoms with Crippen LogP contribution in [-0.2, 0) is 14.3 Å². The van der Waals surface area contributed by atoms with Crippen LogP contribution >= 0.6 is 11.3 Å². The molecule has 0 aliphatic heterocycles. The highest BCUT2D eigenvalue weighted by atomic mass is 32.1. The molecule has 1 aromatic carbocycles. The third kappa shape index (κ3) is 6.57. The van der Waals surface area contributed by atoms with Gasteiger partial charge in [-0.2, -0.15) is 8.78 Å². The molecule has 1 heterocycles. The lowest BCUT2D eigenvalue weighted by molar-refractivity contribution is -0.142. The number of halogens is 2. The summed E-state index contributed by atoms with van der Waals surface area (Å²) in [6.45, 7) is -3.58. The fourth-order valence-electron chi connectivity index (χ4n) is 2.09. The van der Waals surface area contributed by atoms with Crippen molar-refractivity contribution in [1.29, 1.82) is 0 Å². The van der Waals surface area contributed by atoms with E-state index in [2.05, 4.69) is 10.1 Å². The Morgan fingerprint density at radius 2 is 2.00 bits per heavy atom. The molecule has 0 saturated heterocycles. The van der Waals surface area contributed by atoms with Crippen LogP contribution in [0.2, 0.25) is 0 Å². The number of benzene rings is 1. The average Bonchev–Trinajstić information content (AvgIpc) is 3.13. The number of hydrogen-bond donors (Lipinski definition) is 2. The van der Waals surface area contributed by atoms with Gasteiger partial charge in [0.05, 0.1) is 12.7 Å². The number of ether oxygens (including phenoxy) is 3. The Bertz CT molecular complexity index is 929. The summed E-state index contributed by atoms with van der Waals surface area (Å²) in [6, 6.07) is 5.54. The second kappa shape index (κ2) is 10.2. The highest BCUT2D eigenvalue weighted by Gasteiger charge is 2.14. The highest BCUT2D eigenvalue weighted by Crippen LogP contribution is 2.29. The van der Waals surface area contributed by atoms with Crippen molar-refractivity contribution < 1.29 is 37.4 Å². The molecule has 0 bridgehead atoms. The monoisotopic (exact) mass is 426 g/mol. The van der Waals surface area contributed by atoms with Gasteiger partial charge in [0.15, 0.2) is 18.1 Å². The number of rotatable bonds is 9. The number of nitrogens with two attached hydrogens (primary N) is 1. The molecule has 0 spiro atoms. The number of alkyl halides is 2. The van der Waals surface area contributed by atoms with Crippen LogP contribution in [0.1, 0.15) is 15.9 Å². The summed E-state index contributed by atoms with van der Waals surface area (Å²) in [4.78, 5) is 34.8. The van der Waals surface area contributed by atoms with Gasteiger partial charge in [0.1, 0.15) is 5.00 Å². The molecule has 0 atom stereocenters. The van der Waals surface area contributed by atoms with Gasteiger partial charge in [-0.05, 0) is 35.2 Å². The van der Waals surface area contributed by atoms with Crippen molar-refractivity contribution in [2.75, 3.05) is 19.0 Å². The summed E-state index contributed by atoms with van der Waals surface area (Å²) in [5.41, 5.74) is 5.78. The first kappa shape index (κ1) is 21.8. The Morgan fingerprint density at radius 3 is 2.66 bits per heavy atom. The first-order valence-electron chi connectivity index (χ1n) is 7.95. The van der Waals surface area contributed by atoms with Crippen molar-refractivity contribution in [1.82, 2.24) is 0 Å². The lowest BCUT2D eigenvalue weighted by atomic mass is 10.2. The van der Waals surface area contributed by atoms with Gasteiger partial charge in [-0.1, -0.05) is 6.07 Å². The second-order valence-electron chi connectivity index (χ2n) is 5.31. The second-order valence-corrected chi connectivity index (χ2v) is 6.22. The maximum absolute atomic E-state index is 12.3. The summed E-state index contributed by atoms with van der Waals surface area (Å²) in [5, 5.41) is 4.26. The van der Waals surface area contributed by atoms with E-state index in [-0.39, 0.29) is 22.1 Å². The predicted octanol–water partition coefficient (Wildman–Crippen LogP) is 2.65. The number of methoxy groups -OCH3 is 1. The van der Waals surface area contributed by atoms with Crippen LogP contribution in [0, 0.1) is 0 Å². The van der Waals surface area contributed by atoms with E-state index in [9.17, 15) is 23.2 Å². The molecule has 11 heteroatoms. The molecule has 2 rings (SSSR count). The molecule has 3 N–H and O–H groups in total. The molecular formula is C18H16F2N2O6S. The zero-order chi connectivity index (χ0) is 21.4. The minimum absolute atomic E-state index is 0.0569. The van der Waals surface area contributed by atoms with Crippen molar-refractivity contribution in [3.8, 4) is 11.5 Å². The number of primary amides is 1. The molecule has 0 radical (unpaired) electrons. The van der Waals surface area contributed by atoms with Gasteiger partial charge < -0.3 is 25.3 Å². The first-order valence-corrected chi connectivity index (χ1v) is 8.83. The fraction of sp³-hybridized carbons (Fsp3) is 0.167. The third-order valence-electron chi connectivity index (χ3n) is 3.34. The zero-order valence-electron chi connectivity index (χ0n) is 15.0. The highest BCUT2D eigenvalue weighted by molar-refractivity contribution is 7.14. The fourth-order valence-corrected chi connectivity index (χ4v) is 2.90. The normalized spacial score (nSPS) is 10.8. The van der Waals surface area contributed by atoms with E-state index in [0.29, 0.717) is 5.56 Å². The van der Waals surface area contributed by atoms with Crippen LogP contribution in [0.4, 0.5) is 13.8 Å². The Hall–Kier alpha value is -3.47. The van der Waals surface area contributed by atoms with Crippen LogP contribution in [0.3, 0.4) is 0 Å². The first-order chi connectivity index (χ1) is 13.8. The Morgan fingerprint density at radius 1 is 1.24 bits per heavy atom. The molecule has 8 nitrogen and oxygen atoms in total. The predicted molar refractivity (Wildman–Crippen MR) is 101 cm³/mol. The average molecular weight is 426 g/mol. The number of carbonyl (C=O) groups is 3. The molecule has 2 aromatic rings. The SMILES string of the molecule is COc1cc(/C=C/C(=O)OCC(=O)Nc2sccc2C(N)=O)ccc1OC(F)F. The Kier molecular flexibility index (Phi) is 7.66. The smallest absolute Gasteiger partial charge is 0.387 e. The van der Waals surface area contributed by atoms with Crippen LogP contribution in [0.15, 0.2) is 35.7 Å². The van der Waals surface area contributed by atoms with Gasteiger partial charge >= 0.3 is 12.6 Å². The number of hydrogen-bond acceptors (Lipinski definition) is 7. The van der Waals surface area contributed by atoms with E-state index in [4.69, 9.17) is 15.2 Å². The minimum Gasteiger partial charge on any atom is -0.493 e. The van der Waals surface area contributed by atoms with E-state index < -0.39 is 31.0 Å². The number of thiophene rings is 1. The maximum Gasteiger partial charge on any atom is 0.387 e. The number of amides is 2. The van der Waals surface area contributed by atoms with Crippen molar-refractivity contribution >= 4 is 40.2 Å². The van der Waals surface area contributed by atoms with Crippen LogP contribution in [0.5, 0.6) is 11.5 Å². The van der Waals surface area contributed by atoms with Crippen LogP contribution in [-0.4, -0.2) is 38.1 Å². The number of carbonyl (C=O) groups excluding carboxylic acids is 3. The van der Waals surface area contributed by atoms with Crippen molar-refractivity contribution in [3.63, 3.8) is 0 Å². The molecule has 0 unspecified atom stereocenters. The maximum atomic E-state index is 12.3. The number of nitrogens with one attached hydrogen (secondary N) is 1. The van der Waals surface area contributed by atoms with Crippen molar-refractivity contribution in [2.24, 2.45) is 5.73 Å². The Balaban J connectivity index is 1.90. The molecule has 1 aromatic heterocycles. The largest absolute Gasteiger partial charge is 0.493 e. The summed E-state index contributed by atoms with van der Waals surface area (Å²) in [5.74, 6) is -2.24. The molecule has 0 aliphatic rings. The zero-order valence-corrected chi connectivity index (χ0v) is 15.8. The minimum atomic E-state index is -3.00. The molecule has 0 saturated carbocycles. The summed E-state index contributed by atoms with van der Waals surface area (Å²) in [6.07, 6.45) is 2.40. The van der Waals surface area contributed by atoms with Crippen LogP contribution < -0.4 is 20.5 Å². The van der Waals surface area contributed by atoms with Gasteiger partial charge in [-0.15, -0.1) is 11.3 Å². The molecule has 154 valence electrons. The van der Waals surface area contributed by atoms with Gasteiger partial charge in [-0.3, -0.25) is 9.59 Å². The van der Waals surface area contributed by atoms with E-state index in [1.807, 2.05) is 0 Å². The molecule has 29 heavy (non-hydrogen) atoms. The van der Waals surface area contributed by atoms with Gasteiger partial charge in [0, 0.05) is 6.08 Å². The Labute approximate surface area is 167 Å². The third-order valence-corrected chi connectivity index (χ3v) is 4.17. The van der Waals surface area contributed by atoms with Crippen LogP contribution in [0.25, 0.3) is 6.08 Å². The molecule has 0 aliphatic carbocycles. The van der Waals surface area contributed by atoms with E-state index in [0.717, 1.165) is 17.4 Å². The van der Waals surface area contributed by atoms with Crippen molar-refractivity contribution in [3.05, 3.63) is 46.8 Å². The van der Waals surface area contributed by atoms with E-state index in [1.54, 1.807) is 5.38 Å². The quantitative estimate of drug-likeness (QED) is 0.470. The topological polar surface area (TPSA) is 117 Å². The van der Waals surface area contributed by atoms with E-state index >= 15 is 0 Å². The summed E-state index contributed by atoms with van der Waals surface area (Å²) >= 11 is 1.10. The van der Waals surface area contributed by atoms with Gasteiger partial charge in [0.2, 0.25) is 0 Å². The molecule has 0 fully saturated rings. The van der Waals surface area contributed by atoms with Gasteiger partial charge in [-0.25, -0.2) is 4.79 Å². The number of anilines is 1. The lowest BCUT2D eigenvalue weighted by Crippen LogP contribution is -2.21.